The highest BCUT2D eigenvalue weighted by molar-refractivity contribution is 6.31. The maximum Gasteiger partial charge on any atom is 0.143 e. The zero-order valence-electron chi connectivity index (χ0n) is 16.6. The number of benzene rings is 4. The highest BCUT2D eigenvalue weighted by atomic mass is 35.5. The first-order valence-electron chi connectivity index (χ1n) is 10.00. The average molecular weight is 426 g/mol. The van der Waals surface area contributed by atoms with Gasteiger partial charge in [0.2, 0.25) is 0 Å². The Kier molecular flexibility index (Phi) is 5.16. The number of hydrogen-bond acceptors (Lipinski definition) is 3. The number of fused-ring (bicyclic) bond motifs is 3. The molecular weight excluding hydrogens is 406 g/mol. The van der Waals surface area contributed by atoms with E-state index < -0.39 is 0 Å². The Labute approximate surface area is 184 Å². The van der Waals surface area contributed by atoms with Crippen molar-refractivity contribution in [3.8, 4) is 0 Å². The second-order valence-electron chi connectivity index (χ2n) is 7.26. The van der Waals surface area contributed by atoms with Crippen molar-refractivity contribution < 1.29 is 4.42 Å². The van der Waals surface area contributed by atoms with Gasteiger partial charge in [0, 0.05) is 21.4 Å². The molecule has 0 saturated carbocycles. The summed E-state index contributed by atoms with van der Waals surface area (Å²) in [6.45, 7) is 0. The molecule has 1 heterocycles. The summed E-state index contributed by atoms with van der Waals surface area (Å²) in [7, 11) is 0. The Bertz CT molecular complexity index is 1380. The molecule has 1 unspecified atom stereocenters. The Morgan fingerprint density at radius 3 is 2.32 bits per heavy atom. The summed E-state index contributed by atoms with van der Waals surface area (Å²) in [5, 5.41) is 2.64. The molecule has 31 heavy (non-hydrogen) atoms. The summed E-state index contributed by atoms with van der Waals surface area (Å²) >= 11 is 6.32. The van der Waals surface area contributed by atoms with Gasteiger partial charge in [-0.2, -0.15) is 0 Å². The Balaban J connectivity index is 1.78. The van der Waals surface area contributed by atoms with E-state index in [0.717, 1.165) is 38.6 Å². The van der Waals surface area contributed by atoms with Crippen LogP contribution in [0.15, 0.2) is 106 Å². The van der Waals surface area contributed by atoms with Gasteiger partial charge in [-0.1, -0.05) is 84.4 Å². The fourth-order valence-corrected chi connectivity index (χ4v) is 4.11. The number of furan rings is 1. The van der Waals surface area contributed by atoms with E-state index in [4.69, 9.17) is 26.9 Å². The molecule has 4 nitrogen and oxygen atoms in total. The largest absolute Gasteiger partial charge is 0.456 e. The molecule has 0 bridgehead atoms. The Morgan fingerprint density at radius 2 is 1.58 bits per heavy atom. The minimum atomic E-state index is -0.295. The molecule has 0 saturated heterocycles. The molecule has 1 aromatic heterocycles. The summed E-state index contributed by atoms with van der Waals surface area (Å²) in [4.78, 5) is 5.07. The molecule has 0 aliphatic rings. The fourth-order valence-electron chi connectivity index (χ4n) is 3.93. The Morgan fingerprint density at radius 1 is 0.839 bits per heavy atom. The van der Waals surface area contributed by atoms with Gasteiger partial charge in [0.1, 0.15) is 23.0 Å². The number of nitrogens with zero attached hydrogens (tertiary/aromatic N) is 1. The van der Waals surface area contributed by atoms with Crippen LogP contribution in [0.3, 0.4) is 0 Å². The molecule has 0 radical (unpaired) electrons. The van der Waals surface area contributed by atoms with Crippen LogP contribution in [-0.4, -0.2) is 5.84 Å². The molecule has 0 spiro atoms. The third kappa shape index (κ3) is 3.67. The summed E-state index contributed by atoms with van der Waals surface area (Å²) in [5.74, 6) is 6.50. The van der Waals surface area contributed by atoms with Crippen molar-refractivity contribution in [3.05, 3.63) is 119 Å². The lowest BCUT2D eigenvalue weighted by Crippen LogP contribution is -2.31. The standard InChI is InChI=1S/C26H20ClN3O/c27-19-14-15-22-21(16-19)24-20(12-7-13-23(24)31-22)25(17-8-3-1-4-9-17)29-26(30-28)18-10-5-2-6-11-18/h1-16,25H,28H2,(H,29,30). The normalized spacial score (nSPS) is 12.9. The summed E-state index contributed by atoms with van der Waals surface area (Å²) in [6, 6.07) is 31.5. The predicted molar refractivity (Wildman–Crippen MR) is 127 cm³/mol. The molecular formula is C26H20ClN3O. The van der Waals surface area contributed by atoms with E-state index in [0.29, 0.717) is 10.9 Å². The molecule has 5 rings (SSSR count). The molecule has 0 aliphatic carbocycles. The van der Waals surface area contributed by atoms with Crippen molar-refractivity contribution in [2.75, 3.05) is 0 Å². The maximum atomic E-state index is 6.32. The molecule has 0 fully saturated rings. The third-order valence-corrected chi connectivity index (χ3v) is 5.58. The summed E-state index contributed by atoms with van der Waals surface area (Å²) in [6.07, 6.45) is 0. The van der Waals surface area contributed by atoms with Gasteiger partial charge in [-0.05, 0) is 35.4 Å². The fraction of sp³-hybridized carbons (Fsp3) is 0.0385. The van der Waals surface area contributed by atoms with Gasteiger partial charge in [0.15, 0.2) is 0 Å². The highest BCUT2D eigenvalue weighted by Gasteiger charge is 2.21. The summed E-state index contributed by atoms with van der Waals surface area (Å²) in [5.41, 5.74) is 7.36. The monoisotopic (exact) mass is 425 g/mol. The van der Waals surface area contributed by atoms with Crippen LogP contribution in [0, 0.1) is 0 Å². The van der Waals surface area contributed by atoms with E-state index in [1.165, 1.54) is 0 Å². The molecule has 0 amide bonds. The van der Waals surface area contributed by atoms with Crippen LogP contribution >= 0.6 is 11.6 Å². The van der Waals surface area contributed by atoms with Crippen LogP contribution < -0.4 is 11.3 Å². The first-order valence-corrected chi connectivity index (χ1v) is 10.4. The molecule has 3 N–H and O–H groups in total. The first-order chi connectivity index (χ1) is 15.2. The lowest BCUT2D eigenvalue weighted by molar-refractivity contribution is 0.668. The number of hydrogen-bond donors (Lipinski definition) is 2. The summed E-state index contributed by atoms with van der Waals surface area (Å²) < 4.78 is 6.10. The second-order valence-corrected chi connectivity index (χ2v) is 7.70. The minimum absolute atomic E-state index is 0.295. The number of nitrogens with two attached hydrogens (primary N) is 1. The van der Waals surface area contributed by atoms with E-state index in [1.807, 2.05) is 78.9 Å². The van der Waals surface area contributed by atoms with Crippen LogP contribution in [0.25, 0.3) is 21.9 Å². The van der Waals surface area contributed by atoms with Gasteiger partial charge in [-0.25, -0.2) is 5.84 Å². The lowest BCUT2D eigenvalue weighted by Gasteiger charge is -2.17. The van der Waals surface area contributed by atoms with Gasteiger partial charge in [0.25, 0.3) is 0 Å². The topological polar surface area (TPSA) is 63.5 Å². The average Bonchev–Trinajstić information content (AvgIpc) is 3.19. The van der Waals surface area contributed by atoms with E-state index in [2.05, 4.69) is 23.6 Å². The van der Waals surface area contributed by atoms with Gasteiger partial charge < -0.3 is 9.84 Å². The number of halogens is 1. The molecule has 152 valence electrons. The highest BCUT2D eigenvalue weighted by Crippen LogP contribution is 2.38. The number of hydrazine groups is 1. The van der Waals surface area contributed by atoms with E-state index in [9.17, 15) is 0 Å². The van der Waals surface area contributed by atoms with Gasteiger partial charge >= 0.3 is 0 Å². The lowest BCUT2D eigenvalue weighted by atomic mass is 9.94. The number of nitrogens with one attached hydrogen (secondary N) is 1. The zero-order valence-corrected chi connectivity index (χ0v) is 17.4. The van der Waals surface area contributed by atoms with Gasteiger partial charge in [-0.3, -0.25) is 4.99 Å². The molecule has 5 heteroatoms. The van der Waals surface area contributed by atoms with Crippen LogP contribution in [0.1, 0.15) is 22.7 Å². The van der Waals surface area contributed by atoms with Crippen LogP contribution in [-0.2, 0) is 0 Å². The molecule has 4 aromatic carbocycles. The van der Waals surface area contributed by atoms with E-state index in [-0.39, 0.29) is 6.04 Å². The predicted octanol–water partition coefficient (Wildman–Crippen LogP) is 6.24. The zero-order chi connectivity index (χ0) is 21.2. The third-order valence-electron chi connectivity index (χ3n) is 5.34. The van der Waals surface area contributed by atoms with Gasteiger partial charge in [-0.15, -0.1) is 0 Å². The first kappa shape index (κ1) is 19.4. The molecule has 5 aromatic rings. The molecule has 0 aliphatic heterocycles. The molecule has 1 atom stereocenters. The van der Waals surface area contributed by atoms with E-state index in [1.54, 1.807) is 0 Å². The number of rotatable bonds is 4. The van der Waals surface area contributed by atoms with Crippen LogP contribution in [0.2, 0.25) is 5.02 Å². The smallest absolute Gasteiger partial charge is 0.143 e. The number of aliphatic imine (C=N–C) groups is 1. The SMILES string of the molecule is NNC(=NC(c1ccccc1)c1cccc2oc3ccc(Cl)cc3c12)c1ccccc1. The quantitative estimate of drug-likeness (QED) is 0.155. The Hall–Kier alpha value is -3.60. The van der Waals surface area contributed by atoms with Crippen molar-refractivity contribution in [1.82, 2.24) is 5.43 Å². The number of amidine groups is 1. The van der Waals surface area contributed by atoms with Gasteiger partial charge in [0.05, 0.1) is 0 Å². The maximum absolute atomic E-state index is 6.32. The van der Waals surface area contributed by atoms with E-state index >= 15 is 0 Å². The van der Waals surface area contributed by atoms with Crippen LogP contribution in [0.4, 0.5) is 0 Å². The van der Waals surface area contributed by atoms with Crippen molar-refractivity contribution in [3.63, 3.8) is 0 Å². The van der Waals surface area contributed by atoms with Crippen molar-refractivity contribution in [2.45, 2.75) is 6.04 Å². The van der Waals surface area contributed by atoms with Crippen LogP contribution in [0.5, 0.6) is 0 Å². The van der Waals surface area contributed by atoms with Crippen molar-refractivity contribution >= 4 is 39.4 Å². The second kappa shape index (κ2) is 8.26. The minimum Gasteiger partial charge on any atom is -0.456 e. The van der Waals surface area contributed by atoms with Crippen molar-refractivity contribution in [2.24, 2.45) is 10.8 Å². The van der Waals surface area contributed by atoms with Crippen molar-refractivity contribution in [1.29, 1.82) is 0 Å².